The maximum absolute atomic E-state index is 6.21. The zero-order valence-corrected chi connectivity index (χ0v) is 8.22. The third kappa shape index (κ3) is 0.958. The van der Waals surface area contributed by atoms with Crippen molar-refractivity contribution in [2.45, 2.75) is 38.1 Å². The predicted molar refractivity (Wildman–Crippen MR) is 52.3 cm³/mol. The molecule has 5 saturated carbocycles. The Hall–Kier alpha value is 0.250. The minimum Gasteiger partial charge on any atom is -0.327 e. The van der Waals surface area contributed by atoms with Crippen LogP contribution in [0.3, 0.4) is 0 Å². The first-order chi connectivity index (χ1) is 5.36. The number of nitrogens with two attached hydrogens (primary N) is 1. The van der Waals surface area contributed by atoms with Crippen molar-refractivity contribution in [1.82, 2.24) is 0 Å². The molecule has 4 atom stereocenters. The van der Waals surface area contributed by atoms with Crippen LogP contribution in [-0.4, -0.2) is 6.04 Å². The summed E-state index contributed by atoms with van der Waals surface area (Å²) >= 11 is 0. The van der Waals surface area contributed by atoms with Gasteiger partial charge in [0.25, 0.3) is 0 Å². The molecule has 2 N–H and O–H groups in total. The van der Waals surface area contributed by atoms with Crippen LogP contribution >= 0.6 is 12.4 Å². The van der Waals surface area contributed by atoms with Crippen molar-refractivity contribution in [3.05, 3.63) is 0 Å². The van der Waals surface area contributed by atoms with E-state index < -0.39 is 0 Å². The Morgan fingerprint density at radius 1 is 0.833 bits per heavy atom. The van der Waals surface area contributed by atoms with E-state index in [0.717, 1.165) is 23.7 Å². The lowest BCUT2D eigenvalue weighted by atomic mass is 9.51. The first-order valence-corrected chi connectivity index (χ1v) is 5.12. The van der Waals surface area contributed by atoms with Crippen molar-refractivity contribution in [3.8, 4) is 0 Å². The van der Waals surface area contributed by atoms with Crippen molar-refractivity contribution in [2.24, 2.45) is 29.4 Å². The molecule has 4 bridgehead atoms. The molecule has 1 nitrogen and oxygen atoms in total. The highest BCUT2D eigenvalue weighted by atomic mass is 35.5. The van der Waals surface area contributed by atoms with E-state index in [4.69, 9.17) is 5.73 Å². The first kappa shape index (κ1) is 8.83. The van der Waals surface area contributed by atoms with Gasteiger partial charge in [0.15, 0.2) is 0 Å². The second kappa shape index (κ2) is 2.88. The highest BCUT2D eigenvalue weighted by Gasteiger charge is 2.50. The lowest BCUT2D eigenvalue weighted by Crippen LogP contribution is -2.56. The van der Waals surface area contributed by atoms with Gasteiger partial charge in [-0.15, -0.1) is 12.4 Å². The SMILES string of the molecule is Cl.NC1C2CCC3CC2CCC31. The van der Waals surface area contributed by atoms with Gasteiger partial charge in [-0.3, -0.25) is 0 Å². The zero-order chi connectivity index (χ0) is 7.42. The van der Waals surface area contributed by atoms with Gasteiger partial charge in [0, 0.05) is 6.04 Å². The summed E-state index contributed by atoms with van der Waals surface area (Å²) in [5.41, 5.74) is 6.21. The summed E-state index contributed by atoms with van der Waals surface area (Å²) in [6, 6.07) is 0.598. The number of hydrogen-bond acceptors (Lipinski definition) is 1. The van der Waals surface area contributed by atoms with Gasteiger partial charge in [-0.2, -0.15) is 0 Å². The van der Waals surface area contributed by atoms with Gasteiger partial charge in [0.2, 0.25) is 0 Å². The smallest absolute Gasteiger partial charge is 0.0101 e. The van der Waals surface area contributed by atoms with E-state index in [0.29, 0.717) is 6.04 Å². The standard InChI is InChI=1S/C10H17N.ClH/c11-10-8-3-1-6-5-7(8)2-4-9(6)10;/h6-10H,1-5,11H2;1H. The fourth-order valence-corrected chi connectivity index (χ4v) is 4.02. The van der Waals surface area contributed by atoms with Gasteiger partial charge in [0.05, 0.1) is 0 Å². The van der Waals surface area contributed by atoms with Gasteiger partial charge in [-0.05, 0) is 55.8 Å². The summed E-state index contributed by atoms with van der Waals surface area (Å²) in [5.74, 6) is 3.93. The van der Waals surface area contributed by atoms with E-state index in [1.807, 2.05) is 0 Å². The van der Waals surface area contributed by atoms with Crippen LogP contribution < -0.4 is 5.73 Å². The number of rotatable bonds is 0. The second-order valence-corrected chi connectivity index (χ2v) is 4.82. The average Bonchev–Trinajstić information content (AvgIpc) is 2.04. The quantitative estimate of drug-likeness (QED) is 0.618. The van der Waals surface area contributed by atoms with Crippen molar-refractivity contribution >= 4 is 12.4 Å². The van der Waals surface area contributed by atoms with E-state index >= 15 is 0 Å². The monoisotopic (exact) mass is 187 g/mol. The van der Waals surface area contributed by atoms with Crippen LogP contribution in [0.4, 0.5) is 0 Å². The van der Waals surface area contributed by atoms with Crippen molar-refractivity contribution in [2.75, 3.05) is 0 Å². The Morgan fingerprint density at radius 2 is 1.33 bits per heavy atom. The molecule has 0 aromatic heterocycles. The maximum atomic E-state index is 6.21. The Balaban J connectivity index is 0.000000563. The number of hydrogen-bond donors (Lipinski definition) is 1. The second-order valence-electron chi connectivity index (χ2n) is 4.82. The van der Waals surface area contributed by atoms with E-state index in [2.05, 4.69) is 0 Å². The van der Waals surface area contributed by atoms with Gasteiger partial charge in [-0.25, -0.2) is 0 Å². The molecule has 0 heterocycles. The van der Waals surface area contributed by atoms with E-state index in [-0.39, 0.29) is 12.4 Å². The lowest BCUT2D eigenvalue weighted by molar-refractivity contribution is -0.0367. The molecule has 0 amide bonds. The fourth-order valence-electron chi connectivity index (χ4n) is 4.02. The van der Waals surface area contributed by atoms with Gasteiger partial charge < -0.3 is 5.73 Å². The normalized spacial score (nSPS) is 55.2. The first-order valence-electron chi connectivity index (χ1n) is 5.12. The fraction of sp³-hybridized carbons (Fsp3) is 1.00. The summed E-state index contributed by atoms with van der Waals surface area (Å²) in [6.45, 7) is 0. The van der Waals surface area contributed by atoms with Gasteiger partial charge in [0.1, 0.15) is 0 Å². The van der Waals surface area contributed by atoms with Crippen LogP contribution in [0.15, 0.2) is 0 Å². The topological polar surface area (TPSA) is 26.0 Å². The van der Waals surface area contributed by atoms with Crippen LogP contribution in [0, 0.1) is 23.7 Å². The average molecular weight is 188 g/mol. The summed E-state index contributed by atoms with van der Waals surface area (Å²) < 4.78 is 0. The number of fused-ring (bicyclic) bond motifs is 2. The molecule has 0 aromatic rings. The van der Waals surface area contributed by atoms with Gasteiger partial charge in [-0.1, -0.05) is 0 Å². The highest BCUT2D eigenvalue weighted by Crippen LogP contribution is 2.55. The van der Waals surface area contributed by atoms with Crippen molar-refractivity contribution < 1.29 is 0 Å². The van der Waals surface area contributed by atoms with Crippen LogP contribution in [0.2, 0.25) is 0 Å². The minimum atomic E-state index is 0. The molecule has 5 aliphatic carbocycles. The summed E-state index contributed by atoms with van der Waals surface area (Å²) in [5, 5.41) is 0. The van der Waals surface area contributed by atoms with Crippen LogP contribution in [0.25, 0.3) is 0 Å². The molecule has 5 rings (SSSR count). The molecule has 0 radical (unpaired) electrons. The van der Waals surface area contributed by atoms with Crippen LogP contribution in [0.5, 0.6) is 0 Å². The molecule has 0 aliphatic heterocycles. The number of halogens is 1. The molecule has 0 aromatic carbocycles. The van der Waals surface area contributed by atoms with Crippen molar-refractivity contribution in [3.63, 3.8) is 0 Å². The summed E-state index contributed by atoms with van der Waals surface area (Å²) in [7, 11) is 0. The van der Waals surface area contributed by atoms with Gasteiger partial charge >= 0.3 is 0 Å². The van der Waals surface area contributed by atoms with Crippen LogP contribution in [0.1, 0.15) is 32.1 Å². The van der Waals surface area contributed by atoms with E-state index in [9.17, 15) is 0 Å². The third-order valence-electron chi connectivity index (χ3n) is 4.55. The van der Waals surface area contributed by atoms with E-state index in [1.165, 1.54) is 32.1 Å². The molecule has 70 valence electrons. The van der Waals surface area contributed by atoms with E-state index in [1.54, 1.807) is 0 Å². The highest BCUT2D eigenvalue weighted by molar-refractivity contribution is 5.85. The molecular weight excluding hydrogens is 170 g/mol. The third-order valence-corrected chi connectivity index (χ3v) is 4.55. The molecular formula is C10H18ClN. The van der Waals surface area contributed by atoms with Crippen LogP contribution in [-0.2, 0) is 0 Å². The largest absolute Gasteiger partial charge is 0.327 e. The Labute approximate surface area is 80.5 Å². The van der Waals surface area contributed by atoms with Crippen molar-refractivity contribution in [1.29, 1.82) is 0 Å². The predicted octanol–water partition coefficient (Wildman–Crippen LogP) is 2.19. The zero-order valence-electron chi connectivity index (χ0n) is 7.41. The molecule has 2 heteroatoms. The molecule has 0 spiro atoms. The molecule has 5 fully saturated rings. The molecule has 5 aliphatic rings. The molecule has 4 unspecified atom stereocenters. The summed E-state index contributed by atoms with van der Waals surface area (Å²) in [6.07, 6.45) is 7.43. The Bertz CT molecular complexity index is 161. The summed E-state index contributed by atoms with van der Waals surface area (Å²) in [4.78, 5) is 0. The lowest BCUT2D eigenvalue weighted by Gasteiger charge is -2.56. The Kier molecular flexibility index (Phi) is 2.12. The minimum absolute atomic E-state index is 0. The maximum Gasteiger partial charge on any atom is 0.0101 e. The molecule has 12 heavy (non-hydrogen) atoms. The molecule has 0 saturated heterocycles. The Morgan fingerprint density at radius 3 is 1.67 bits per heavy atom.